The highest BCUT2D eigenvalue weighted by Gasteiger charge is 2.41. The fourth-order valence-corrected chi connectivity index (χ4v) is 6.07. The summed E-state index contributed by atoms with van der Waals surface area (Å²) in [5.74, 6) is -0.211. The van der Waals surface area contributed by atoms with E-state index in [1.54, 1.807) is 73.7 Å². The number of H-pyrrole nitrogens is 1. The molecule has 0 bridgehead atoms. The van der Waals surface area contributed by atoms with Crippen LogP contribution in [0.1, 0.15) is 30.7 Å². The lowest BCUT2D eigenvalue weighted by Crippen LogP contribution is -2.31. The van der Waals surface area contributed by atoms with E-state index in [0.29, 0.717) is 28.6 Å². The van der Waals surface area contributed by atoms with Crippen molar-refractivity contribution >= 4 is 26.7 Å². The van der Waals surface area contributed by atoms with Crippen LogP contribution in [0, 0.1) is 0 Å². The largest absolute Gasteiger partial charge is 0.466 e. The van der Waals surface area contributed by atoms with Crippen molar-refractivity contribution in [1.82, 2.24) is 4.98 Å². The lowest BCUT2D eigenvalue weighted by molar-refractivity contribution is -0.140. The van der Waals surface area contributed by atoms with Gasteiger partial charge in [0.05, 0.1) is 17.2 Å². The van der Waals surface area contributed by atoms with Crippen molar-refractivity contribution in [2.24, 2.45) is 0 Å². The summed E-state index contributed by atoms with van der Waals surface area (Å²) < 4.78 is 32.2. The van der Waals surface area contributed by atoms with Gasteiger partial charge < -0.3 is 14.8 Å². The summed E-state index contributed by atoms with van der Waals surface area (Å²) >= 11 is 0. The van der Waals surface area contributed by atoms with Crippen LogP contribution in [0.15, 0.2) is 125 Å². The Bertz CT molecular complexity index is 1570. The highest BCUT2D eigenvalue weighted by molar-refractivity contribution is 7.91. The van der Waals surface area contributed by atoms with Gasteiger partial charge in [0.25, 0.3) is 0 Å². The first kappa shape index (κ1) is 26.9. The highest BCUT2D eigenvalue weighted by atomic mass is 32.2. The molecule has 0 aliphatic carbocycles. The molecule has 6 nitrogen and oxygen atoms in total. The van der Waals surface area contributed by atoms with E-state index < -0.39 is 15.4 Å². The number of para-hydroxylation sites is 1. The van der Waals surface area contributed by atoms with Crippen LogP contribution >= 0.6 is 0 Å². The zero-order valence-electron chi connectivity index (χ0n) is 21.2. The van der Waals surface area contributed by atoms with Crippen LogP contribution in [0.25, 0.3) is 10.9 Å². The molecule has 0 saturated carbocycles. The summed E-state index contributed by atoms with van der Waals surface area (Å²) in [6.07, 6.45) is 0. The maximum absolute atomic E-state index is 13.9. The minimum atomic E-state index is -3.94. The number of hydrogen-bond donors (Lipinski definition) is 2. The van der Waals surface area contributed by atoms with E-state index in [4.69, 9.17) is 0 Å². The molecular weight excluding hydrogens is 498 g/mol. The zero-order chi connectivity index (χ0) is 27.2. The highest BCUT2D eigenvalue weighted by Crippen LogP contribution is 2.43. The molecule has 5 rings (SSSR count). The molecule has 0 atom stereocenters. The molecule has 7 heteroatoms. The predicted octanol–water partition coefficient (Wildman–Crippen LogP) is 5.85. The molecular formula is C31H29NO5S. The summed E-state index contributed by atoms with van der Waals surface area (Å²) in [5.41, 5.74) is 0.297. The Balaban J connectivity index is 0.000000505. The van der Waals surface area contributed by atoms with E-state index in [-0.39, 0.29) is 21.5 Å². The van der Waals surface area contributed by atoms with E-state index >= 15 is 0 Å². The molecule has 1 heterocycles. The second kappa shape index (κ2) is 11.5. The first-order valence-corrected chi connectivity index (χ1v) is 13.7. The van der Waals surface area contributed by atoms with Crippen molar-refractivity contribution in [2.75, 3.05) is 6.61 Å². The summed E-state index contributed by atoms with van der Waals surface area (Å²) in [6.45, 7) is 3.65. The number of fused-ring (bicyclic) bond motifs is 1. The number of nitrogens with one attached hydrogen (secondary N) is 1. The number of aliphatic hydroxyl groups is 1. The number of aromatic amines is 1. The molecule has 0 aliphatic heterocycles. The van der Waals surface area contributed by atoms with Gasteiger partial charge in [0.1, 0.15) is 4.90 Å². The summed E-state index contributed by atoms with van der Waals surface area (Å²) in [6, 6.07) is 33.8. The number of carbonyl (C=O) groups is 1. The Morgan fingerprint density at radius 1 is 0.789 bits per heavy atom. The number of hydrogen-bond acceptors (Lipinski definition) is 5. The molecule has 0 fully saturated rings. The Hall–Kier alpha value is -4.20. The normalized spacial score (nSPS) is 11.4. The van der Waals surface area contributed by atoms with Gasteiger partial charge in [-0.05, 0) is 36.2 Å². The van der Waals surface area contributed by atoms with Gasteiger partial charge in [0.2, 0.25) is 9.84 Å². The van der Waals surface area contributed by atoms with E-state index in [9.17, 15) is 18.3 Å². The van der Waals surface area contributed by atoms with Crippen LogP contribution in [0.3, 0.4) is 0 Å². The molecule has 0 spiro atoms. The van der Waals surface area contributed by atoms with Gasteiger partial charge in [-0.3, -0.25) is 4.79 Å². The van der Waals surface area contributed by atoms with Crippen molar-refractivity contribution in [3.8, 4) is 0 Å². The van der Waals surface area contributed by atoms with E-state index in [1.165, 1.54) is 6.92 Å². The van der Waals surface area contributed by atoms with Gasteiger partial charge in [-0.15, -0.1) is 0 Å². The number of esters is 1. The predicted molar refractivity (Wildman–Crippen MR) is 147 cm³/mol. The van der Waals surface area contributed by atoms with E-state index in [2.05, 4.69) is 9.72 Å². The van der Waals surface area contributed by atoms with Crippen LogP contribution in [-0.4, -0.2) is 31.1 Å². The first-order valence-electron chi connectivity index (χ1n) is 12.2. The standard InChI is InChI=1S/C27H21NO3S.C4H8O2/c29-27(20-12-4-1-5-13-20,21-14-6-2-7-15-21)26-25(23-18-10-11-19-24(23)28-26)32(30,31)22-16-8-3-9-17-22;1-3-6-4(2)5/h1-19,28-29H;3H2,1-2H3. The van der Waals surface area contributed by atoms with Gasteiger partial charge >= 0.3 is 5.97 Å². The lowest BCUT2D eigenvalue weighted by Gasteiger charge is -2.30. The van der Waals surface area contributed by atoms with Crippen LogP contribution in [-0.2, 0) is 25.0 Å². The van der Waals surface area contributed by atoms with Gasteiger partial charge in [0.15, 0.2) is 5.60 Å². The molecule has 0 aliphatic rings. The number of benzene rings is 4. The van der Waals surface area contributed by atoms with Crippen molar-refractivity contribution in [3.63, 3.8) is 0 Å². The third-order valence-corrected chi connectivity index (χ3v) is 7.93. The molecule has 0 unspecified atom stereocenters. The van der Waals surface area contributed by atoms with Crippen LogP contribution in [0.5, 0.6) is 0 Å². The van der Waals surface area contributed by atoms with E-state index in [0.717, 1.165) is 0 Å². The molecule has 194 valence electrons. The van der Waals surface area contributed by atoms with Crippen molar-refractivity contribution in [3.05, 3.63) is 132 Å². The third-order valence-electron chi connectivity index (χ3n) is 6.07. The number of rotatable bonds is 6. The fraction of sp³-hybridized carbons (Fsp3) is 0.129. The molecule has 0 saturated heterocycles. The minimum absolute atomic E-state index is 0.0782. The second-order valence-corrected chi connectivity index (χ2v) is 10.4. The summed E-state index contributed by atoms with van der Waals surface area (Å²) in [5, 5.41) is 12.9. The van der Waals surface area contributed by atoms with Crippen LogP contribution in [0.2, 0.25) is 0 Å². The summed E-state index contributed by atoms with van der Waals surface area (Å²) in [4.78, 5) is 13.3. The Morgan fingerprint density at radius 3 is 1.74 bits per heavy atom. The smallest absolute Gasteiger partial charge is 0.302 e. The fourth-order valence-electron chi connectivity index (χ4n) is 4.38. The third kappa shape index (κ3) is 5.25. The van der Waals surface area contributed by atoms with Crippen LogP contribution in [0.4, 0.5) is 0 Å². The first-order chi connectivity index (χ1) is 18.3. The summed E-state index contributed by atoms with van der Waals surface area (Å²) in [7, 11) is -3.94. The van der Waals surface area contributed by atoms with E-state index in [1.807, 2.05) is 48.5 Å². The van der Waals surface area contributed by atoms with Gasteiger partial charge in [-0.25, -0.2) is 8.42 Å². The zero-order valence-corrected chi connectivity index (χ0v) is 22.0. The average Bonchev–Trinajstić information content (AvgIpc) is 3.35. The number of sulfone groups is 1. The molecule has 1 aromatic heterocycles. The monoisotopic (exact) mass is 527 g/mol. The molecule has 0 amide bonds. The molecule has 38 heavy (non-hydrogen) atoms. The van der Waals surface area contributed by atoms with Crippen LogP contribution < -0.4 is 0 Å². The Kier molecular flexibility index (Phi) is 8.10. The Morgan fingerprint density at radius 2 is 1.26 bits per heavy atom. The van der Waals surface area contributed by atoms with Crippen molar-refractivity contribution < 1.29 is 23.1 Å². The number of ether oxygens (including phenoxy) is 1. The van der Waals surface area contributed by atoms with Crippen molar-refractivity contribution in [2.45, 2.75) is 29.2 Å². The Labute approximate surface area is 222 Å². The maximum Gasteiger partial charge on any atom is 0.302 e. The van der Waals surface area contributed by atoms with Gasteiger partial charge in [-0.2, -0.15) is 0 Å². The topological polar surface area (TPSA) is 96.5 Å². The molecule has 5 aromatic rings. The van der Waals surface area contributed by atoms with Gasteiger partial charge in [-0.1, -0.05) is 97.1 Å². The van der Waals surface area contributed by atoms with Crippen molar-refractivity contribution in [1.29, 1.82) is 0 Å². The quantitative estimate of drug-likeness (QED) is 0.270. The molecule has 0 radical (unpaired) electrons. The molecule has 2 N–H and O–H groups in total. The number of aromatic nitrogens is 1. The maximum atomic E-state index is 13.9. The molecule has 4 aromatic carbocycles. The average molecular weight is 528 g/mol. The lowest BCUT2D eigenvalue weighted by atomic mass is 9.83. The number of carbonyl (C=O) groups excluding carboxylic acids is 1. The second-order valence-electron chi connectivity index (χ2n) is 8.56. The SMILES string of the molecule is CCOC(C)=O.O=S(=O)(c1ccccc1)c1c(C(O)(c2ccccc2)c2ccccc2)[nH]c2ccccc12. The minimum Gasteiger partial charge on any atom is -0.466 e. The van der Waals surface area contributed by atoms with Gasteiger partial charge in [0, 0.05) is 17.8 Å².